The van der Waals surface area contributed by atoms with Gasteiger partial charge < -0.3 is 15.2 Å². The van der Waals surface area contributed by atoms with E-state index >= 15 is 0 Å². The Bertz CT molecular complexity index is 1360. The average molecular weight is 468 g/mol. The van der Waals surface area contributed by atoms with Gasteiger partial charge in [0.1, 0.15) is 5.52 Å². The second-order valence-corrected chi connectivity index (χ2v) is 11.7. The number of hydrogen-bond donors (Lipinski definition) is 2. The topological polar surface area (TPSA) is 94.2 Å². The minimum absolute atomic E-state index is 0.0356. The van der Waals surface area contributed by atoms with E-state index in [1.54, 1.807) is 17.8 Å². The first-order valence-electron chi connectivity index (χ1n) is 12.0. The van der Waals surface area contributed by atoms with Crippen LogP contribution in [0.4, 0.5) is 5.95 Å². The van der Waals surface area contributed by atoms with Crippen molar-refractivity contribution in [3.8, 4) is 0 Å². The minimum atomic E-state index is -0.491. The van der Waals surface area contributed by atoms with Gasteiger partial charge in [0, 0.05) is 25.0 Å². The number of aliphatic hydroxyl groups is 1. The van der Waals surface area contributed by atoms with E-state index in [9.17, 15) is 9.90 Å². The van der Waals surface area contributed by atoms with Gasteiger partial charge in [0.25, 0.3) is 0 Å². The lowest BCUT2D eigenvalue weighted by molar-refractivity contribution is -0.305. The lowest BCUT2D eigenvalue weighted by atomic mass is 9.36. The van der Waals surface area contributed by atoms with Crippen molar-refractivity contribution in [2.45, 2.75) is 55.8 Å². The van der Waals surface area contributed by atoms with Gasteiger partial charge in [-0.15, -0.1) is 0 Å². The van der Waals surface area contributed by atoms with Crippen LogP contribution in [0.15, 0.2) is 33.9 Å². The van der Waals surface area contributed by atoms with Gasteiger partial charge in [0.05, 0.1) is 34.2 Å². The molecule has 1 spiro atoms. The summed E-state index contributed by atoms with van der Waals surface area (Å²) in [5.41, 5.74) is 1.43. The number of halogens is 1. The summed E-state index contributed by atoms with van der Waals surface area (Å²) in [6.07, 6.45) is 11.4. The molecule has 0 aromatic carbocycles. The Kier molecular flexibility index (Phi) is 3.33. The highest BCUT2D eigenvalue weighted by molar-refractivity contribution is 6.32. The van der Waals surface area contributed by atoms with Crippen LogP contribution in [0.1, 0.15) is 38.5 Å². The second kappa shape index (κ2) is 5.73. The van der Waals surface area contributed by atoms with Crippen LogP contribution in [0, 0.1) is 23.2 Å². The van der Waals surface area contributed by atoms with Crippen molar-refractivity contribution in [1.82, 2.24) is 19.1 Å². The highest BCUT2D eigenvalue weighted by atomic mass is 35.5. The van der Waals surface area contributed by atoms with Gasteiger partial charge >= 0.3 is 5.69 Å². The molecule has 4 atom stereocenters. The van der Waals surface area contributed by atoms with Crippen molar-refractivity contribution in [3.63, 3.8) is 0 Å². The number of imidazole rings is 1. The van der Waals surface area contributed by atoms with Crippen molar-refractivity contribution in [1.29, 1.82) is 0 Å². The lowest BCUT2D eigenvalue weighted by Crippen LogP contribution is -2.73. The fraction of sp³-hybridized carbons (Fsp3) is 0.625. The average Bonchev–Trinajstić information content (AvgIpc) is 3.48. The van der Waals surface area contributed by atoms with Gasteiger partial charge in [-0.1, -0.05) is 17.7 Å². The van der Waals surface area contributed by atoms with Gasteiger partial charge in [0.15, 0.2) is 5.65 Å². The number of aryl methyl sites for hydroxylation is 1. The largest absolute Gasteiger partial charge is 0.389 e. The van der Waals surface area contributed by atoms with Crippen LogP contribution in [0.5, 0.6) is 0 Å². The van der Waals surface area contributed by atoms with Crippen LogP contribution in [0.25, 0.3) is 11.2 Å². The molecule has 1 aliphatic heterocycles. The molecule has 2 N–H and O–H groups in total. The fourth-order valence-corrected chi connectivity index (χ4v) is 8.95. The first kappa shape index (κ1) is 19.2. The maximum atomic E-state index is 13.5. The highest BCUT2D eigenvalue weighted by Gasteiger charge is 2.84. The number of anilines is 1. The molecular formula is C24H26ClN5O3. The normalized spacial score (nSPS) is 44.1. The maximum absolute atomic E-state index is 13.5. The van der Waals surface area contributed by atoms with Crippen molar-refractivity contribution in [2.24, 2.45) is 30.2 Å². The highest BCUT2D eigenvalue weighted by Crippen LogP contribution is 2.85. The number of nitrogens with one attached hydrogen (secondary N) is 1. The summed E-state index contributed by atoms with van der Waals surface area (Å²) in [7, 11) is 1.79. The fourth-order valence-electron chi connectivity index (χ4n) is 8.71. The van der Waals surface area contributed by atoms with E-state index in [2.05, 4.69) is 16.4 Å². The summed E-state index contributed by atoms with van der Waals surface area (Å²) < 4.78 is 9.31. The third-order valence-electron chi connectivity index (χ3n) is 10.0. The zero-order chi connectivity index (χ0) is 22.3. The molecule has 172 valence electrons. The number of fused-ring (bicyclic) bond motifs is 3. The summed E-state index contributed by atoms with van der Waals surface area (Å²) >= 11 is 6.52. The van der Waals surface area contributed by atoms with E-state index in [-0.39, 0.29) is 22.7 Å². The first-order chi connectivity index (χ1) is 15.8. The Hall–Kier alpha value is -2.16. The molecule has 1 saturated heterocycles. The van der Waals surface area contributed by atoms with Crippen LogP contribution in [0.2, 0.25) is 0 Å². The molecule has 9 heteroatoms. The number of aromatic nitrogens is 4. The second-order valence-electron chi connectivity index (χ2n) is 11.3. The molecule has 3 heterocycles. The Labute approximate surface area is 195 Å². The number of ether oxygens (including phenoxy) is 1. The molecule has 0 amide bonds. The molecule has 2 bridgehead atoms. The SMILES string of the molecule is Cn1c(=O)n(C23CC4CC5(O)CC(C2)C45C3)c2nc(NC3=CC4CCOC4C=C3Cl)ncc21. The molecular weight excluding hydrogens is 442 g/mol. The molecule has 0 radical (unpaired) electrons. The smallest absolute Gasteiger partial charge is 0.330 e. The zero-order valence-electron chi connectivity index (χ0n) is 18.4. The number of hydrogen-bond acceptors (Lipinski definition) is 6. The van der Waals surface area contributed by atoms with E-state index in [0.29, 0.717) is 34.4 Å². The monoisotopic (exact) mass is 467 g/mol. The molecule has 8 nitrogen and oxygen atoms in total. The van der Waals surface area contributed by atoms with Gasteiger partial charge in [-0.05, 0) is 56.4 Å². The quantitative estimate of drug-likeness (QED) is 0.720. The predicted octanol–water partition coefficient (Wildman–Crippen LogP) is 2.62. The Morgan fingerprint density at radius 2 is 2.03 bits per heavy atom. The van der Waals surface area contributed by atoms with Crippen molar-refractivity contribution in [3.05, 3.63) is 39.6 Å². The van der Waals surface area contributed by atoms with E-state index in [1.807, 2.05) is 10.6 Å². The Morgan fingerprint density at radius 1 is 1.24 bits per heavy atom. The molecule has 4 unspecified atom stereocenters. The molecule has 2 aromatic rings. The zero-order valence-corrected chi connectivity index (χ0v) is 19.2. The molecule has 5 fully saturated rings. The third-order valence-corrected chi connectivity index (χ3v) is 10.3. The standard InChI is InChI=1S/C24H26ClN5O3/c1-29-17-10-26-20(27-16-4-12-2-3-33-18(12)5-15(16)25)28-19(17)30(21(29)31)22-6-13-8-23(32)9-14(7-22)24(13,23)11-22/h4-5,10,12-14,18,32H,2-3,6-9,11H2,1H3,(H,26,27,28). The molecule has 5 aliphatic carbocycles. The van der Waals surface area contributed by atoms with Crippen LogP contribution in [0.3, 0.4) is 0 Å². The van der Waals surface area contributed by atoms with Crippen molar-refractivity contribution in [2.75, 3.05) is 11.9 Å². The number of allylic oxidation sites excluding steroid dienone is 1. The molecule has 8 rings (SSSR count). The molecule has 33 heavy (non-hydrogen) atoms. The van der Waals surface area contributed by atoms with Gasteiger partial charge in [-0.3, -0.25) is 9.13 Å². The van der Waals surface area contributed by atoms with Crippen LogP contribution in [-0.4, -0.2) is 42.5 Å². The summed E-state index contributed by atoms with van der Waals surface area (Å²) in [6.45, 7) is 0.735. The van der Waals surface area contributed by atoms with E-state index in [1.165, 1.54) is 0 Å². The van der Waals surface area contributed by atoms with Gasteiger partial charge in [-0.2, -0.15) is 4.98 Å². The third kappa shape index (κ3) is 2.06. The summed E-state index contributed by atoms with van der Waals surface area (Å²) in [4.78, 5) is 22.8. The summed E-state index contributed by atoms with van der Waals surface area (Å²) in [5, 5.41) is 14.9. The van der Waals surface area contributed by atoms with E-state index in [4.69, 9.17) is 21.3 Å². The lowest BCUT2D eigenvalue weighted by Gasteiger charge is -2.71. The van der Waals surface area contributed by atoms with Crippen molar-refractivity contribution < 1.29 is 9.84 Å². The predicted molar refractivity (Wildman–Crippen MR) is 122 cm³/mol. The summed E-state index contributed by atoms with van der Waals surface area (Å²) in [6, 6.07) is 0. The molecule has 4 saturated carbocycles. The van der Waals surface area contributed by atoms with E-state index < -0.39 is 5.60 Å². The van der Waals surface area contributed by atoms with Gasteiger partial charge in [-0.25, -0.2) is 9.78 Å². The Morgan fingerprint density at radius 3 is 2.76 bits per heavy atom. The number of nitrogens with zero attached hydrogens (tertiary/aromatic N) is 4. The van der Waals surface area contributed by atoms with Crippen LogP contribution in [-0.2, 0) is 17.3 Å². The van der Waals surface area contributed by atoms with Crippen LogP contribution < -0.4 is 11.0 Å². The van der Waals surface area contributed by atoms with Gasteiger partial charge in [0.2, 0.25) is 5.95 Å². The summed E-state index contributed by atoms with van der Waals surface area (Å²) in [5.74, 6) is 1.78. The Balaban J connectivity index is 1.21. The van der Waals surface area contributed by atoms with Crippen molar-refractivity contribution >= 4 is 28.7 Å². The molecule has 6 aliphatic rings. The number of rotatable bonds is 3. The molecule has 2 aromatic heterocycles. The maximum Gasteiger partial charge on any atom is 0.330 e. The first-order valence-corrected chi connectivity index (χ1v) is 12.4. The van der Waals surface area contributed by atoms with Crippen LogP contribution >= 0.6 is 11.6 Å². The minimum Gasteiger partial charge on any atom is -0.389 e. The van der Waals surface area contributed by atoms with E-state index in [0.717, 1.165) is 56.3 Å².